The summed E-state index contributed by atoms with van der Waals surface area (Å²) in [7, 11) is 0. The van der Waals surface area contributed by atoms with Crippen molar-refractivity contribution in [2.45, 2.75) is 19.4 Å². The molecule has 0 heterocycles. The summed E-state index contributed by atoms with van der Waals surface area (Å²) in [4.78, 5) is 22.8. The molecule has 0 saturated carbocycles. The van der Waals surface area contributed by atoms with Crippen LogP contribution in [0.5, 0.6) is 0 Å². The van der Waals surface area contributed by atoms with Crippen LogP contribution >= 0.6 is 0 Å². The van der Waals surface area contributed by atoms with E-state index >= 15 is 0 Å². The second kappa shape index (κ2) is 4.71. The molecule has 0 atom stereocenters. The molecular formula is C13H13NO3. The van der Waals surface area contributed by atoms with Gasteiger partial charge in [0.2, 0.25) is 0 Å². The van der Waals surface area contributed by atoms with Gasteiger partial charge >= 0.3 is 5.97 Å². The van der Waals surface area contributed by atoms with Crippen LogP contribution < -0.4 is 5.32 Å². The number of aromatic carboxylic acids is 1. The topological polar surface area (TPSA) is 66.4 Å². The smallest absolute Gasteiger partial charge is 0.336 e. The Labute approximate surface area is 99.7 Å². The predicted molar refractivity (Wildman–Crippen MR) is 63.8 cm³/mol. The van der Waals surface area contributed by atoms with E-state index in [1.54, 1.807) is 26.0 Å². The highest BCUT2D eigenvalue weighted by atomic mass is 16.4. The quantitative estimate of drug-likeness (QED) is 0.775. The van der Waals surface area contributed by atoms with Crippen LogP contribution in [-0.2, 0) is 0 Å². The molecule has 88 valence electrons. The second-order valence-electron chi connectivity index (χ2n) is 4.07. The zero-order chi connectivity index (χ0) is 13.1. The van der Waals surface area contributed by atoms with E-state index in [0.29, 0.717) is 0 Å². The fourth-order valence-corrected chi connectivity index (χ4v) is 1.25. The Bertz CT molecular complexity index is 498. The molecule has 4 nitrogen and oxygen atoms in total. The van der Waals surface area contributed by atoms with Crippen molar-refractivity contribution in [2.75, 3.05) is 0 Å². The number of amides is 1. The monoisotopic (exact) mass is 231 g/mol. The van der Waals surface area contributed by atoms with Gasteiger partial charge in [-0.05, 0) is 26.0 Å². The zero-order valence-electron chi connectivity index (χ0n) is 9.65. The van der Waals surface area contributed by atoms with Crippen LogP contribution in [0.4, 0.5) is 0 Å². The first-order valence-corrected chi connectivity index (χ1v) is 5.00. The van der Waals surface area contributed by atoms with Crippen LogP contribution in [0.2, 0.25) is 0 Å². The van der Waals surface area contributed by atoms with Gasteiger partial charge in [0.25, 0.3) is 5.91 Å². The number of carbonyl (C=O) groups is 2. The fraction of sp³-hybridized carbons (Fsp3) is 0.231. The lowest BCUT2D eigenvalue weighted by molar-refractivity contribution is 0.0690. The van der Waals surface area contributed by atoms with E-state index in [1.807, 2.05) is 0 Å². The van der Waals surface area contributed by atoms with Gasteiger partial charge in [0.05, 0.1) is 16.7 Å². The molecule has 0 aromatic heterocycles. The summed E-state index contributed by atoms with van der Waals surface area (Å²) < 4.78 is 0. The molecule has 2 N–H and O–H groups in total. The number of terminal acetylenes is 1. The highest BCUT2D eigenvalue weighted by Gasteiger charge is 2.21. The maximum atomic E-state index is 11.9. The van der Waals surface area contributed by atoms with Gasteiger partial charge in [-0.25, -0.2) is 4.79 Å². The van der Waals surface area contributed by atoms with E-state index < -0.39 is 17.4 Å². The van der Waals surface area contributed by atoms with Crippen molar-refractivity contribution in [3.63, 3.8) is 0 Å². The van der Waals surface area contributed by atoms with Gasteiger partial charge < -0.3 is 10.4 Å². The van der Waals surface area contributed by atoms with Gasteiger partial charge in [0, 0.05) is 0 Å². The highest BCUT2D eigenvalue weighted by Crippen LogP contribution is 2.10. The normalized spacial score (nSPS) is 10.4. The second-order valence-corrected chi connectivity index (χ2v) is 4.07. The van der Waals surface area contributed by atoms with Gasteiger partial charge in [0.15, 0.2) is 0 Å². The molecule has 1 aromatic carbocycles. The van der Waals surface area contributed by atoms with E-state index in [0.717, 1.165) is 0 Å². The number of carbonyl (C=O) groups excluding carboxylic acids is 1. The molecule has 0 unspecified atom stereocenters. The summed E-state index contributed by atoms with van der Waals surface area (Å²) in [5.41, 5.74) is -0.760. The van der Waals surface area contributed by atoms with E-state index in [-0.39, 0.29) is 11.1 Å². The first-order chi connectivity index (χ1) is 7.87. The molecule has 0 fully saturated rings. The Hall–Kier alpha value is -2.28. The number of hydrogen-bond acceptors (Lipinski definition) is 2. The van der Waals surface area contributed by atoms with E-state index in [1.165, 1.54) is 12.1 Å². The summed E-state index contributed by atoms with van der Waals surface area (Å²) >= 11 is 0. The Kier molecular flexibility index (Phi) is 3.54. The largest absolute Gasteiger partial charge is 0.478 e. The lowest BCUT2D eigenvalue weighted by Crippen LogP contribution is -2.42. The zero-order valence-corrected chi connectivity index (χ0v) is 9.65. The van der Waals surface area contributed by atoms with Crippen LogP contribution in [0.3, 0.4) is 0 Å². The number of nitrogens with one attached hydrogen (secondary N) is 1. The third-order valence-corrected chi connectivity index (χ3v) is 2.19. The fourth-order valence-electron chi connectivity index (χ4n) is 1.25. The molecule has 0 spiro atoms. The number of carboxylic acids is 1. The molecule has 0 radical (unpaired) electrons. The van der Waals surface area contributed by atoms with Gasteiger partial charge in [0.1, 0.15) is 0 Å². The summed E-state index contributed by atoms with van der Waals surface area (Å²) in [6.07, 6.45) is 5.25. The van der Waals surface area contributed by atoms with Crippen molar-refractivity contribution in [1.82, 2.24) is 5.32 Å². The Balaban J connectivity index is 3.06. The van der Waals surface area contributed by atoms with Crippen molar-refractivity contribution < 1.29 is 14.7 Å². The molecule has 1 aromatic rings. The van der Waals surface area contributed by atoms with Crippen molar-refractivity contribution in [3.05, 3.63) is 35.4 Å². The van der Waals surface area contributed by atoms with Gasteiger partial charge in [-0.1, -0.05) is 18.1 Å². The SMILES string of the molecule is C#CC(C)(C)NC(=O)c1ccccc1C(=O)O. The molecule has 17 heavy (non-hydrogen) atoms. The summed E-state index contributed by atoms with van der Waals surface area (Å²) in [5, 5.41) is 11.5. The highest BCUT2D eigenvalue weighted by molar-refractivity contribution is 6.05. The van der Waals surface area contributed by atoms with Crippen molar-refractivity contribution in [3.8, 4) is 12.3 Å². The summed E-state index contributed by atoms with van der Waals surface area (Å²) in [6, 6.07) is 5.99. The van der Waals surface area contributed by atoms with E-state index in [4.69, 9.17) is 11.5 Å². The van der Waals surface area contributed by atoms with Crippen molar-refractivity contribution >= 4 is 11.9 Å². The van der Waals surface area contributed by atoms with E-state index in [9.17, 15) is 9.59 Å². The molecule has 0 aliphatic carbocycles. The average Bonchev–Trinajstić information content (AvgIpc) is 2.28. The molecule has 4 heteroatoms. The maximum Gasteiger partial charge on any atom is 0.336 e. The van der Waals surface area contributed by atoms with Crippen LogP contribution in [-0.4, -0.2) is 22.5 Å². The lowest BCUT2D eigenvalue weighted by Gasteiger charge is -2.20. The summed E-state index contributed by atoms with van der Waals surface area (Å²) in [6.45, 7) is 3.32. The summed E-state index contributed by atoms with van der Waals surface area (Å²) in [5.74, 6) is 0.773. The van der Waals surface area contributed by atoms with Crippen molar-refractivity contribution in [2.24, 2.45) is 0 Å². The molecule has 1 amide bonds. The van der Waals surface area contributed by atoms with Crippen LogP contribution in [0.1, 0.15) is 34.6 Å². The lowest BCUT2D eigenvalue weighted by atomic mass is 10.0. The minimum atomic E-state index is -1.14. The predicted octanol–water partition coefficient (Wildman–Crippen LogP) is 1.53. The van der Waals surface area contributed by atoms with Crippen LogP contribution in [0.25, 0.3) is 0 Å². The number of rotatable bonds is 3. The van der Waals surface area contributed by atoms with Gasteiger partial charge in [-0.15, -0.1) is 6.42 Å². The van der Waals surface area contributed by atoms with Gasteiger partial charge in [-0.2, -0.15) is 0 Å². The number of carboxylic acid groups (broad SMARTS) is 1. The van der Waals surface area contributed by atoms with Crippen molar-refractivity contribution in [1.29, 1.82) is 0 Å². The minimum absolute atomic E-state index is 0.0437. The Morgan fingerprint density at radius 3 is 2.29 bits per heavy atom. The Morgan fingerprint density at radius 1 is 1.29 bits per heavy atom. The number of benzene rings is 1. The number of hydrogen-bond donors (Lipinski definition) is 2. The van der Waals surface area contributed by atoms with E-state index in [2.05, 4.69) is 11.2 Å². The third-order valence-electron chi connectivity index (χ3n) is 2.19. The average molecular weight is 231 g/mol. The van der Waals surface area contributed by atoms with Crippen LogP contribution in [0.15, 0.2) is 24.3 Å². The third kappa shape index (κ3) is 3.08. The van der Waals surface area contributed by atoms with Gasteiger partial charge in [-0.3, -0.25) is 4.79 Å². The molecule has 0 saturated heterocycles. The molecule has 0 bridgehead atoms. The maximum absolute atomic E-state index is 11.9. The first kappa shape index (κ1) is 12.8. The Morgan fingerprint density at radius 2 is 1.82 bits per heavy atom. The molecule has 0 aliphatic heterocycles. The molecular weight excluding hydrogens is 218 g/mol. The minimum Gasteiger partial charge on any atom is -0.478 e. The molecule has 0 aliphatic rings. The van der Waals surface area contributed by atoms with Crippen LogP contribution in [0, 0.1) is 12.3 Å². The molecule has 1 rings (SSSR count). The standard InChI is InChI=1S/C13H13NO3/c1-4-13(2,3)14-11(15)9-7-5-6-8-10(9)12(16)17/h1,5-8H,2-3H3,(H,14,15)(H,16,17). The first-order valence-electron chi connectivity index (χ1n) is 5.00.